The van der Waals surface area contributed by atoms with E-state index in [4.69, 9.17) is 5.73 Å². The molecule has 1 aromatic heterocycles. The first kappa shape index (κ1) is 14.4. The Morgan fingerprint density at radius 3 is 2.67 bits per heavy atom. The fourth-order valence-electron chi connectivity index (χ4n) is 1.07. The number of carbonyl (C=O) groups is 2. The van der Waals surface area contributed by atoms with Crippen LogP contribution in [0.25, 0.3) is 0 Å². The van der Waals surface area contributed by atoms with Gasteiger partial charge in [0.05, 0.1) is 16.3 Å². The maximum Gasteiger partial charge on any atom is 0.258 e. The minimum absolute atomic E-state index is 0.171. The van der Waals surface area contributed by atoms with Gasteiger partial charge in [-0.3, -0.25) is 9.59 Å². The number of sulfone groups is 1. The van der Waals surface area contributed by atoms with Gasteiger partial charge in [-0.05, 0) is 6.07 Å². The smallest absolute Gasteiger partial charge is 0.258 e. The Balaban J connectivity index is 2.54. The number of nitrogens with two attached hydrogens (primary N) is 1. The number of hydrogen-bond acceptors (Lipinski definition) is 5. The second-order valence-electron chi connectivity index (χ2n) is 3.40. The van der Waals surface area contributed by atoms with Crippen molar-refractivity contribution in [3.63, 3.8) is 0 Å². The molecular formula is C10H12N2O4S2. The molecule has 8 heteroatoms. The van der Waals surface area contributed by atoms with Crippen LogP contribution in [0.3, 0.4) is 0 Å². The Labute approximate surface area is 108 Å². The van der Waals surface area contributed by atoms with E-state index in [1.807, 2.05) is 0 Å². The summed E-state index contributed by atoms with van der Waals surface area (Å²) in [7, 11) is -3.38. The molecule has 18 heavy (non-hydrogen) atoms. The van der Waals surface area contributed by atoms with Crippen molar-refractivity contribution < 1.29 is 18.0 Å². The highest BCUT2D eigenvalue weighted by atomic mass is 32.2. The normalized spacial score (nSPS) is 10.9. The lowest BCUT2D eigenvalue weighted by Gasteiger charge is -2.01. The van der Waals surface area contributed by atoms with Gasteiger partial charge in [0.2, 0.25) is 5.91 Å². The molecule has 2 amide bonds. The monoisotopic (exact) mass is 288 g/mol. The van der Waals surface area contributed by atoms with Crippen LogP contribution in [0, 0.1) is 0 Å². The van der Waals surface area contributed by atoms with Crippen LogP contribution in [-0.2, 0) is 14.6 Å². The predicted octanol–water partition coefficient (Wildman–Crippen LogP) is 0.734. The first-order chi connectivity index (χ1) is 8.34. The largest absolute Gasteiger partial charge is 0.365 e. The summed E-state index contributed by atoms with van der Waals surface area (Å²) in [6.45, 7) is 3.15. The maximum absolute atomic E-state index is 11.4. The minimum Gasteiger partial charge on any atom is -0.365 e. The topological polar surface area (TPSA) is 106 Å². The molecule has 3 N–H and O–H groups in total. The van der Waals surface area contributed by atoms with Crippen molar-refractivity contribution in [3.05, 3.63) is 28.3 Å². The standard InChI is InChI=1S/C10H12N2O4S2/c1-2-18(15,16)4-3-9(13)12-7-5-8(10(11)14)17-6-7/h2,5-6H,1,3-4H2,(H2,11,14)(H,12,13). The van der Waals surface area contributed by atoms with Gasteiger partial charge in [-0.15, -0.1) is 11.3 Å². The highest BCUT2D eigenvalue weighted by molar-refractivity contribution is 7.94. The second kappa shape index (κ2) is 5.78. The zero-order valence-electron chi connectivity index (χ0n) is 9.38. The molecular weight excluding hydrogens is 276 g/mol. The van der Waals surface area contributed by atoms with E-state index in [0.717, 1.165) is 16.7 Å². The van der Waals surface area contributed by atoms with Gasteiger partial charge in [0.25, 0.3) is 5.91 Å². The van der Waals surface area contributed by atoms with E-state index >= 15 is 0 Å². The van der Waals surface area contributed by atoms with Gasteiger partial charge in [0.15, 0.2) is 9.84 Å². The van der Waals surface area contributed by atoms with Crippen LogP contribution in [0.4, 0.5) is 5.69 Å². The number of hydrogen-bond donors (Lipinski definition) is 2. The molecule has 0 unspecified atom stereocenters. The highest BCUT2D eigenvalue weighted by Gasteiger charge is 2.11. The predicted molar refractivity (Wildman–Crippen MR) is 70.1 cm³/mol. The number of rotatable bonds is 6. The van der Waals surface area contributed by atoms with Crippen LogP contribution in [0.2, 0.25) is 0 Å². The zero-order valence-corrected chi connectivity index (χ0v) is 11.0. The summed E-state index contributed by atoms with van der Waals surface area (Å²) in [5, 5.41) is 4.85. The van der Waals surface area contributed by atoms with Gasteiger partial charge in [-0.2, -0.15) is 0 Å². The van der Waals surface area contributed by atoms with E-state index < -0.39 is 21.7 Å². The zero-order chi connectivity index (χ0) is 13.8. The molecule has 0 bridgehead atoms. The lowest BCUT2D eigenvalue weighted by atomic mass is 10.4. The Hall–Kier alpha value is -1.67. The van der Waals surface area contributed by atoms with Crippen LogP contribution in [0.1, 0.15) is 16.1 Å². The number of carbonyl (C=O) groups excluding carboxylic acids is 2. The van der Waals surface area contributed by atoms with Crippen molar-refractivity contribution in [1.82, 2.24) is 0 Å². The fourth-order valence-corrected chi connectivity index (χ4v) is 2.40. The summed E-state index contributed by atoms with van der Waals surface area (Å²) in [6, 6.07) is 1.44. The summed E-state index contributed by atoms with van der Waals surface area (Å²) in [6.07, 6.45) is -0.171. The third-order valence-corrected chi connectivity index (χ3v) is 4.22. The molecule has 0 aliphatic heterocycles. The summed E-state index contributed by atoms with van der Waals surface area (Å²) in [5.74, 6) is -1.32. The maximum atomic E-state index is 11.4. The van der Waals surface area contributed by atoms with Crippen molar-refractivity contribution in [2.24, 2.45) is 5.73 Å². The van der Waals surface area contributed by atoms with E-state index in [-0.39, 0.29) is 12.2 Å². The summed E-state index contributed by atoms with van der Waals surface area (Å²) in [5.41, 5.74) is 5.49. The Bertz CT molecular complexity index is 574. The summed E-state index contributed by atoms with van der Waals surface area (Å²) in [4.78, 5) is 22.6. The molecule has 0 aliphatic rings. The lowest BCUT2D eigenvalue weighted by Crippen LogP contribution is -2.16. The molecule has 0 fully saturated rings. The molecule has 0 atom stereocenters. The first-order valence-electron chi connectivity index (χ1n) is 4.87. The van der Waals surface area contributed by atoms with E-state index in [9.17, 15) is 18.0 Å². The third kappa shape index (κ3) is 4.30. The number of thiophene rings is 1. The summed E-state index contributed by atoms with van der Waals surface area (Å²) < 4.78 is 22.2. The van der Waals surface area contributed by atoms with Gasteiger partial charge >= 0.3 is 0 Å². The van der Waals surface area contributed by atoms with Gasteiger partial charge in [0, 0.05) is 17.2 Å². The molecule has 0 saturated carbocycles. The third-order valence-electron chi connectivity index (χ3n) is 1.99. The number of amides is 2. The number of primary amides is 1. The molecule has 0 spiro atoms. The van der Waals surface area contributed by atoms with Crippen molar-refractivity contribution in [3.8, 4) is 0 Å². The van der Waals surface area contributed by atoms with E-state index in [1.54, 1.807) is 5.38 Å². The van der Waals surface area contributed by atoms with Crippen molar-refractivity contribution in [2.75, 3.05) is 11.1 Å². The molecule has 1 heterocycles. The molecule has 1 aromatic rings. The Kier molecular flexibility index (Phi) is 4.62. The average molecular weight is 288 g/mol. The fraction of sp³-hybridized carbons (Fsp3) is 0.200. The second-order valence-corrected chi connectivity index (χ2v) is 6.37. The van der Waals surface area contributed by atoms with Gasteiger partial charge in [-0.25, -0.2) is 8.42 Å². The molecule has 0 radical (unpaired) electrons. The molecule has 1 rings (SSSR count). The Morgan fingerprint density at radius 2 is 2.17 bits per heavy atom. The highest BCUT2D eigenvalue weighted by Crippen LogP contribution is 2.18. The molecule has 0 aliphatic carbocycles. The van der Waals surface area contributed by atoms with Crippen molar-refractivity contribution in [2.45, 2.75) is 6.42 Å². The van der Waals surface area contributed by atoms with Gasteiger partial charge in [0.1, 0.15) is 0 Å². The molecule has 0 saturated heterocycles. The van der Waals surface area contributed by atoms with Gasteiger partial charge < -0.3 is 11.1 Å². The van der Waals surface area contributed by atoms with Crippen LogP contribution in [0.5, 0.6) is 0 Å². The quantitative estimate of drug-likeness (QED) is 0.804. The average Bonchev–Trinajstić information content (AvgIpc) is 2.75. The van der Waals surface area contributed by atoms with Crippen LogP contribution in [0.15, 0.2) is 23.4 Å². The summed E-state index contributed by atoms with van der Waals surface area (Å²) >= 11 is 1.10. The van der Waals surface area contributed by atoms with E-state index in [0.29, 0.717) is 10.6 Å². The van der Waals surface area contributed by atoms with Crippen molar-refractivity contribution in [1.29, 1.82) is 0 Å². The van der Waals surface area contributed by atoms with Crippen LogP contribution in [-0.4, -0.2) is 26.0 Å². The minimum atomic E-state index is -3.38. The first-order valence-corrected chi connectivity index (χ1v) is 7.47. The molecule has 98 valence electrons. The van der Waals surface area contributed by atoms with E-state index in [1.165, 1.54) is 6.07 Å². The lowest BCUT2D eigenvalue weighted by molar-refractivity contribution is -0.115. The van der Waals surface area contributed by atoms with Gasteiger partial charge in [-0.1, -0.05) is 6.58 Å². The SMILES string of the molecule is C=CS(=O)(=O)CCC(=O)Nc1csc(C(N)=O)c1. The van der Waals surface area contributed by atoms with Crippen molar-refractivity contribution >= 4 is 38.7 Å². The van der Waals surface area contributed by atoms with E-state index in [2.05, 4.69) is 11.9 Å². The Morgan fingerprint density at radius 1 is 1.50 bits per heavy atom. The number of nitrogens with one attached hydrogen (secondary N) is 1. The van der Waals surface area contributed by atoms with Crippen LogP contribution < -0.4 is 11.1 Å². The molecule has 0 aromatic carbocycles. The number of anilines is 1. The molecule has 6 nitrogen and oxygen atoms in total. The van der Waals surface area contributed by atoms with Crippen LogP contribution >= 0.6 is 11.3 Å².